The fraction of sp³-hybridized carbons (Fsp3) is 0.238. The summed E-state index contributed by atoms with van der Waals surface area (Å²) in [6.07, 6.45) is 2.61. The number of aromatic nitrogens is 2. The molecule has 0 radical (unpaired) electrons. The molecule has 4 heteroatoms. The lowest BCUT2D eigenvalue weighted by Gasteiger charge is -2.33. The number of H-pyrrole nitrogens is 1. The molecule has 1 aliphatic rings. The molecule has 4 rings (SSSR count). The van der Waals surface area contributed by atoms with Crippen molar-refractivity contribution < 1.29 is 0 Å². The molecule has 1 N–H and O–H groups in total. The van der Waals surface area contributed by atoms with Crippen LogP contribution in [0.25, 0.3) is 11.4 Å². The van der Waals surface area contributed by atoms with Crippen LogP contribution >= 0.6 is 11.8 Å². The third-order valence-corrected chi connectivity index (χ3v) is 6.05. The van der Waals surface area contributed by atoms with Gasteiger partial charge in [-0.25, -0.2) is 4.98 Å². The molecule has 1 atom stereocenters. The van der Waals surface area contributed by atoms with Crippen molar-refractivity contribution in [2.45, 2.75) is 35.8 Å². The first kappa shape index (κ1) is 16.2. The van der Waals surface area contributed by atoms with Crippen molar-refractivity contribution in [3.8, 4) is 11.4 Å². The van der Waals surface area contributed by atoms with E-state index in [1.165, 1.54) is 4.90 Å². The second-order valence-corrected chi connectivity index (χ2v) is 8.41. The molecule has 3 aromatic rings. The first-order valence-corrected chi connectivity index (χ1v) is 9.36. The van der Waals surface area contributed by atoms with Gasteiger partial charge in [0.25, 0.3) is 5.56 Å². The lowest BCUT2D eigenvalue weighted by molar-refractivity contribution is 0.536. The Morgan fingerprint density at radius 2 is 1.72 bits per heavy atom. The molecule has 1 aromatic heterocycles. The highest BCUT2D eigenvalue weighted by molar-refractivity contribution is 8.00. The maximum Gasteiger partial charge on any atom is 0.254 e. The molecule has 0 saturated carbocycles. The van der Waals surface area contributed by atoms with Gasteiger partial charge in [-0.1, -0.05) is 48.5 Å². The van der Waals surface area contributed by atoms with E-state index in [9.17, 15) is 4.79 Å². The van der Waals surface area contributed by atoms with Gasteiger partial charge in [0, 0.05) is 20.8 Å². The Morgan fingerprint density at radius 3 is 2.44 bits per heavy atom. The number of thioether (sulfide) groups is 1. The molecular weight excluding hydrogens is 328 g/mol. The Hall–Kier alpha value is -2.33. The average Bonchev–Trinajstić information content (AvgIpc) is 2.64. The summed E-state index contributed by atoms with van der Waals surface area (Å²) in [6.45, 7) is 2.25. The van der Waals surface area contributed by atoms with Gasteiger partial charge in [-0.3, -0.25) is 4.79 Å². The van der Waals surface area contributed by atoms with E-state index in [4.69, 9.17) is 4.98 Å². The molecule has 0 bridgehead atoms. The van der Waals surface area contributed by atoms with Gasteiger partial charge in [-0.15, -0.1) is 11.8 Å². The molecule has 1 unspecified atom stereocenters. The van der Waals surface area contributed by atoms with Crippen LogP contribution in [0.2, 0.25) is 0 Å². The van der Waals surface area contributed by atoms with E-state index in [2.05, 4.69) is 36.2 Å². The number of nitrogens with one attached hydrogen (secondary N) is 1. The Kier molecular flexibility index (Phi) is 4.22. The normalized spacial score (nSPS) is 19.4. The number of rotatable bonds is 3. The molecule has 3 nitrogen and oxygen atoms in total. The summed E-state index contributed by atoms with van der Waals surface area (Å²) < 4.78 is 0.0251. The summed E-state index contributed by atoms with van der Waals surface area (Å²) >= 11 is 1.86. The molecule has 0 saturated heterocycles. The molecule has 0 amide bonds. The number of aromatic amines is 1. The lowest BCUT2D eigenvalue weighted by atomic mass is 9.87. The third-order valence-electron chi connectivity index (χ3n) is 4.70. The molecule has 1 aliphatic carbocycles. The summed E-state index contributed by atoms with van der Waals surface area (Å²) in [7, 11) is 0. The van der Waals surface area contributed by atoms with E-state index in [1.54, 1.807) is 0 Å². The summed E-state index contributed by atoms with van der Waals surface area (Å²) in [4.78, 5) is 21.7. The van der Waals surface area contributed by atoms with Crippen LogP contribution in [0, 0.1) is 0 Å². The zero-order valence-corrected chi connectivity index (χ0v) is 15.0. The van der Waals surface area contributed by atoms with Gasteiger partial charge in [0.15, 0.2) is 0 Å². The third kappa shape index (κ3) is 3.40. The van der Waals surface area contributed by atoms with Crippen LogP contribution < -0.4 is 5.56 Å². The number of hydrogen-bond acceptors (Lipinski definition) is 3. The first-order chi connectivity index (χ1) is 12.1. The summed E-state index contributed by atoms with van der Waals surface area (Å²) in [5.41, 5.74) is 2.75. The van der Waals surface area contributed by atoms with Crippen molar-refractivity contribution in [1.29, 1.82) is 0 Å². The zero-order chi connectivity index (χ0) is 17.3. The van der Waals surface area contributed by atoms with Gasteiger partial charge in [-0.05, 0) is 38.3 Å². The van der Waals surface area contributed by atoms with Crippen LogP contribution in [0.1, 0.15) is 24.6 Å². The summed E-state index contributed by atoms with van der Waals surface area (Å²) in [5, 5.41) is 0. The highest BCUT2D eigenvalue weighted by atomic mass is 32.2. The Labute approximate surface area is 151 Å². The fourth-order valence-electron chi connectivity index (χ4n) is 3.37. The van der Waals surface area contributed by atoms with Gasteiger partial charge < -0.3 is 4.98 Å². The summed E-state index contributed by atoms with van der Waals surface area (Å²) in [6, 6.07) is 20.2. The van der Waals surface area contributed by atoms with Gasteiger partial charge in [0.2, 0.25) is 0 Å². The maximum absolute atomic E-state index is 12.7. The van der Waals surface area contributed by atoms with Crippen LogP contribution in [0.5, 0.6) is 0 Å². The fourth-order valence-corrected chi connectivity index (χ4v) is 4.65. The molecule has 1 heterocycles. The van der Waals surface area contributed by atoms with E-state index in [0.29, 0.717) is 5.82 Å². The summed E-state index contributed by atoms with van der Waals surface area (Å²) in [5.74, 6) is 0.670. The van der Waals surface area contributed by atoms with E-state index in [-0.39, 0.29) is 10.3 Å². The van der Waals surface area contributed by atoms with Crippen molar-refractivity contribution >= 4 is 11.8 Å². The predicted octanol–water partition coefficient (Wildman–Crippen LogP) is 4.48. The van der Waals surface area contributed by atoms with E-state index in [1.807, 2.05) is 48.2 Å². The second kappa shape index (κ2) is 6.52. The molecule has 25 heavy (non-hydrogen) atoms. The van der Waals surface area contributed by atoms with Crippen LogP contribution in [-0.4, -0.2) is 14.7 Å². The minimum absolute atomic E-state index is 0.00318. The highest BCUT2D eigenvalue weighted by Crippen LogP contribution is 2.41. The Balaban J connectivity index is 1.65. The van der Waals surface area contributed by atoms with Crippen LogP contribution in [-0.2, 0) is 12.8 Å². The van der Waals surface area contributed by atoms with Gasteiger partial charge >= 0.3 is 0 Å². The molecular formula is C21H20N2OS. The number of aryl methyl sites for hydroxylation is 1. The maximum atomic E-state index is 12.7. The molecule has 0 spiro atoms. The first-order valence-electron chi connectivity index (χ1n) is 8.55. The topological polar surface area (TPSA) is 45.8 Å². The monoisotopic (exact) mass is 348 g/mol. The molecule has 126 valence electrons. The van der Waals surface area contributed by atoms with Crippen molar-refractivity contribution in [3.63, 3.8) is 0 Å². The van der Waals surface area contributed by atoms with Crippen LogP contribution in [0.4, 0.5) is 0 Å². The minimum atomic E-state index is 0.00318. The molecule has 2 aromatic carbocycles. The quantitative estimate of drug-likeness (QED) is 0.759. The van der Waals surface area contributed by atoms with Gasteiger partial charge in [0.05, 0.1) is 5.69 Å². The van der Waals surface area contributed by atoms with Crippen LogP contribution in [0.3, 0.4) is 0 Å². The number of hydrogen-bond donors (Lipinski definition) is 1. The Morgan fingerprint density at radius 1 is 1.04 bits per heavy atom. The van der Waals surface area contributed by atoms with Crippen molar-refractivity contribution in [3.05, 3.63) is 82.3 Å². The smallest absolute Gasteiger partial charge is 0.254 e. The van der Waals surface area contributed by atoms with Gasteiger partial charge in [0.1, 0.15) is 5.82 Å². The average molecular weight is 348 g/mol. The van der Waals surface area contributed by atoms with Crippen molar-refractivity contribution in [1.82, 2.24) is 9.97 Å². The molecule has 0 aliphatic heterocycles. The SMILES string of the molecule is CC1(Sc2ccccc2)CCc2nc(-c3ccccc3)[nH]c(=O)c2C1. The number of nitrogens with zero attached hydrogens (tertiary/aromatic N) is 1. The van der Waals surface area contributed by atoms with E-state index in [0.717, 1.165) is 36.1 Å². The number of benzene rings is 2. The molecule has 0 fully saturated rings. The van der Waals surface area contributed by atoms with Crippen molar-refractivity contribution in [2.24, 2.45) is 0 Å². The number of fused-ring (bicyclic) bond motifs is 1. The van der Waals surface area contributed by atoms with E-state index >= 15 is 0 Å². The van der Waals surface area contributed by atoms with Crippen LogP contribution in [0.15, 0.2) is 70.4 Å². The second-order valence-electron chi connectivity index (χ2n) is 6.75. The minimum Gasteiger partial charge on any atom is -0.306 e. The Bertz CT molecular complexity index is 937. The largest absolute Gasteiger partial charge is 0.306 e. The van der Waals surface area contributed by atoms with Gasteiger partial charge in [-0.2, -0.15) is 0 Å². The lowest BCUT2D eigenvalue weighted by Crippen LogP contribution is -2.34. The van der Waals surface area contributed by atoms with Crippen molar-refractivity contribution in [2.75, 3.05) is 0 Å². The predicted molar refractivity (Wildman–Crippen MR) is 103 cm³/mol. The highest BCUT2D eigenvalue weighted by Gasteiger charge is 2.33. The zero-order valence-electron chi connectivity index (χ0n) is 14.2. The van der Waals surface area contributed by atoms with E-state index < -0.39 is 0 Å². The standard InChI is InChI=1S/C21H20N2OS/c1-21(25-16-10-6-3-7-11-16)13-12-18-17(14-21)20(24)23-19(22-18)15-8-4-2-5-9-15/h2-11H,12-14H2,1H3,(H,22,23,24).